The van der Waals surface area contributed by atoms with Gasteiger partial charge in [0.25, 0.3) is 15.9 Å². The number of rotatable bonds is 9. The number of carbonyl (C=O) groups is 2. The molecule has 9 nitrogen and oxygen atoms in total. The normalized spacial score (nSPS) is 20.9. The van der Waals surface area contributed by atoms with Crippen LogP contribution in [0.5, 0.6) is 0 Å². The standard InChI is InChI=1S/C30H35N3O6S3/c1-41(36,37)31-16-12-21(13-17-31)14-18-32-26-11-10-22(23-6-4-7-24(29(23)26)30(32)35)20-27(34)25-8-2-3-15-33(25)42(38,39)28-9-5-19-40-28/h4-7,9-11,19,21,25H,2-3,8,12-18,20H2,1H3. The second-order valence-corrected chi connectivity index (χ2v) is 16.6. The van der Waals surface area contributed by atoms with Crippen molar-refractivity contribution in [1.82, 2.24) is 8.61 Å². The van der Waals surface area contributed by atoms with E-state index in [2.05, 4.69) is 0 Å². The predicted molar refractivity (Wildman–Crippen MR) is 164 cm³/mol. The molecular weight excluding hydrogens is 595 g/mol. The largest absolute Gasteiger partial charge is 0.308 e. The van der Waals surface area contributed by atoms with E-state index in [0.29, 0.717) is 44.1 Å². The first-order valence-electron chi connectivity index (χ1n) is 14.5. The van der Waals surface area contributed by atoms with Gasteiger partial charge in [-0.25, -0.2) is 21.1 Å². The minimum absolute atomic E-state index is 0.0619. The van der Waals surface area contributed by atoms with E-state index in [1.807, 2.05) is 35.2 Å². The molecule has 2 fully saturated rings. The lowest BCUT2D eigenvalue weighted by Gasteiger charge is -2.33. The van der Waals surface area contributed by atoms with Gasteiger partial charge in [-0.2, -0.15) is 4.31 Å². The maximum absolute atomic E-state index is 13.7. The van der Waals surface area contributed by atoms with Crippen molar-refractivity contribution in [2.45, 2.75) is 55.2 Å². The summed E-state index contributed by atoms with van der Waals surface area (Å²) in [6.07, 6.45) is 5.70. The van der Waals surface area contributed by atoms with Crippen LogP contribution in [0.25, 0.3) is 10.8 Å². The number of hydrogen-bond acceptors (Lipinski definition) is 7. The highest BCUT2D eigenvalue weighted by Gasteiger charge is 2.38. The summed E-state index contributed by atoms with van der Waals surface area (Å²) in [5, 5.41) is 3.41. The molecule has 1 unspecified atom stereocenters. The van der Waals surface area contributed by atoms with E-state index < -0.39 is 26.1 Å². The van der Waals surface area contributed by atoms with Crippen LogP contribution < -0.4 is 4.90 Å². The molecule has 3 aliphatic heterocycles. The maximum atomic E-state index is 13.7. The van der Waals surface area contributed by atoms with E-state index in [-0.39, 0.29) is 22.3 Å². The number of anilines is 1. The molecule has 0 bridgehead atoms. The molecule has 4 heterocycles. The minimum atomic E-state index is -3.74. The Morgan fingerprint density at radius 1 is 0.952 bits per heavy atom. The van der Waals surface area contributed by atoms with Gasteiger partial charge in [0.15, 0.2) is 5.78 Å². The third-order valence-corrected chi connectivity index (χ3v) is 13.5. The fraction of sp³-hybridized carbons (Fsp3) is 0.467. The summed E-state index contributed by atoms with van der Waals surface area (Å²) in [6.45, 7) is 1.90. The number of carbonyl (C=O) groups excluding carboxylic acids is 2. The maximum Gasteiger partial charge on any atom is 0.258 e. The molecule has 2 saturated heterocycles. The molecular formula is C30H35N3O6S3. The Morgan fingerprint density at radius 2 is 1.74 bits per heavy atom. The van der Waals surface area contributed by atoms with Crippen LogP contribution in [0.15, 0.2) is 52.1 Å². The fourth-order valence-corrected chi connectivity index (χ4v) is 10.3. The van der Waals surface area contributed by atoms with Crippen molar-refractivity contribution in [3.63, 3.8) is 0 Å². The second kappa shape index (κ2) is 11.5. The van der Waals surface area contributed by atoms with Gasteiger partial charge < -0.3 is 4.90 Å². The Labute approximate surface area is 251 Å². The molecule has 224 valence electrons. The van der Waals surface area contributed by atoms with Gasteiger partial charge in [-0.05, 0) is 72.6 Å². The third kappa shape index (κ3) is 5.43. The van der Waals surface area contributed by atoms with E-state index in [1.165, 1.54) is 14.9 Å². The molecule has 12 heteroatoms. The van der Waals surface area contributed by atoms with Gasteiger partial charge in [0.2, 0.25) is 10.0 Å². The second-order valence-electron chi connectivity index (χ2n) is 11.5. The van der Waals surface area contributed by atoms with Crippen molar-refractivity contribution in [1.29, 1.82) is 0 Å². The molecule has 1 atom stereocenters. The monoisotopic (exact) mass is 629 g/mol. The van der Waals surface area contributed by atoms with E-state index in [4.69, 9.17) is 0 Å². The Balaban J connectivity index is 1.20. The van der Waals surface area contributed by atoms with Gasteiger partial charge in [0.05, 0.1) is 18.0 Å². The molecule has 42 heavy (non-hydrogen) atoms. The fourth-order valence-electron chi connectivity index (χ4n) is 6.67. The molecule has 3 aliphatic rings. The van der Waals surface area contributed by atoms with Crippen LogP contribution in [-0.4, -0.2) is 75.6 Å². The van der Waals surface area contributed by atoms with E-state index in [1.54, 1.807) is 17.5 Å². The summed E-state index contributed by atoms with van der Waals surface area (Å²) in [5.74, 6) is 0.154. The summed E-state index contributed by atoms with van der Waals surface area (Å²) >= 11 is 1.16. The topological polar surface area (TPSA) is 112 Å². The predicted octanol–water partition coefficient (Wildman–Crippen LogP) is 4.28. The molecule has 0 aliphatic carbocycles. The SMILES string of the molecule is CS(=O)(=O)N1CCC(CCN2C(=O)c3cccc4c(CC(=O)C5CCCCN5S(=O)(=O)c5cccs5)ccc2c34)CC1. The van der Waals surface area contributed by atoms with Crippen LogP contribution in [0, 0.1) is 5.92 Å². The highest BCUT2D eigenvalue weighted by Crippen LogP contribution is 2.40. The summed E-state index contributed by atoms with van der Waals surface area (Å²) in [4.78, 5) is 29.0. The van der Waals surface area contributed by atoms with Crippen LogP contribution >= 0.6 is 11.3 Å². The number of Topliss-reactive ketones (excluding diaryl/α,β-unsaturated/α-hetero) is 1. The Morgan fingerprint density at radius 3 is 2.45 bits per heavy atom. The van der Waals surface area contributed by atoms with Crippen LogP contribution in [0.2, 0.25) is 0 Å². The molecule has 0 N–H and O–H groups in total. The lowest BCUT2D eigenvalue weighted by molar-refractivity contribution is -0.122. The van der Waals surface area contributed by atoms with Crippen LogP contribution in [0.1, 0.15) is 54.4 Å². The molecule has 6 rings (SSSR count). The van der Waals surface area contributed by atoms with Crippen LogP contribution in [0.4, 0.5) is 5.69 Å². The molecule has 1 amide bonds. The summed E-state index contributed by atoms with van der Waals surface area (Å²) in [6, 6.07) is 12.0. The molecule has 0 radical (unpaired) electrons. The highest BCUT2D eigenvalue weighted by atomic mass is 32.2. The first kappa shape index (κ1) is 29.4. The number of sulfonamides is 2. The quantitative estimate of drug-likeness (QED) is 0.349. The Kier molecular flexibility index (Phi) is 8.03. The number of thiophene rings is 1. The molecule has 0 spiro atoms. The minimum Gasteiger partial charge on any atom is -0.308 e. The highest BCUT2D eigenvalue weighted by molar-refractivity contribution is 7.91. The van der Waals surface area contributed by atoms with E-state index in [0.717, 1.165) is 65.5 Å². The number of amides is 1. The Bertz CT molecular complexity index is 1730. The van der Waals surface area contributed by atoms with Gasteiger partial charge in [-0.15, -0.1) is 11.3 Å². The molecule has 2 aromatic carbocycles. The van der Waals surface area contributed by atoms with E-state index >= 15 is 0 Å². The van der Waals surface area contributed by atoms with Crippen LogP contribution in [0.3, 0.4) is 0 Å². The molecule has 3 aromatic rings. The van der Waals surface area contributed by atoms with Crippen molar-refractivity contribution < 1.29 is 26.4 Å². The number of piperidine rings is 2. The van der Waals surface area contributed by atoms with Crippen molar-refractivity contribution in [2.24, 2.45) is 5.92 Å². The number of nitrogens with zero attached hydrogens (tertiary/aromatic N) is 3. The number of hydrogen-bond donors (Lipinski definition) is 0. The first-order valence-corrected chi connectivity index (χ1v) is 18.6. The zero-order valence-electron chi connectivity index (χ0n) is 23.6. The van der Waals surface area contributed by atoms with Crippen molar-refractivity contribution >= 4 is 59.5 Å². The zero-order valence-corrected chi connectivity index (χ0v) is 26.0. The van der Waals surface area contributed by atoms with Crippen molar-refractivity contribution in [3.8, 4) is 0 Å². The van der Waals surface area contributed by atoms with E-state index in [9.17, 15) is 26.4 Å². The summed E-state index contributed by atoms with van der Waals surface area (Å²) < 4.78 is 53.6. The summed E-state index contributed by atoms with van der Waals surface area (Å²) in [7, 11) is -6.92. The van der Waals surface area contributed by atoms with Crippen molar-refractivity contribution in [2.75, 3.05) is 37.3 Å². The first-order chi connectivity index (χ1) is 20.1. The average molecular weight is 630 g/mol. The van der Waals surface area contributed by atoms with Gasteiger partial charge in [0.1, 0.15) is 4.21 Å². The Hall–Kier alpha value is -2.64. The number of ketones is 1. The lowest BCUT2D eigenvalue weighted by atomic mass is 9.93. The zero-order chi connectivity index (χ0) is 29.6. The van der Waals surface area contributed by atoms with Crippen molar-refractivity contribution in [3.05, 3.63) is 59.0 Å². The van der Waals surface area contributed by atoms with Crippen LogP contribution in [-0.2, 0) is 31.3 Å². The molecule has 0 saturated carbocycles. The van der Waals surface area contributed by atoms with Gasteiger partial charge >= 0.3 is 0 Å². The average Bonchev–Trinajstić information content (AvgIpc) is 3.62. The number of benzene rings is 2. The summed E-state index contributed by atoms with van der Waals surface area (Å²) in [5.41, 5.74) is 2.24. The van der Waals surface area contributed by atoms with Gasteiger partial charge in [-0.3, -0.25) is 9.59 Å². The smallest absolute Gasteiger partial charge is 0.258 e. The lowest BCUT2D eigenvalue weighted by Crippen LogP contribution is -2.48. The third-order valence-electron chi connectivity index (χ3n) is 8.93. The molecule has 1 aromatic heterocycles. The van der Waals surface area contributed by atoms with Gasteiger partial charge in [-0.1, -0.05) is 30.7 Å². The van der Waals surface area contributed by atoms with Gasteiger partial charge in [0, 0.05) is 43.5 Å².